The topological polar surface area (TPSA) is 75.4 Å². The van der Waals surface area contributed by atoms with E-state index in [4.69, 9.17) is 10.5 Å². The van der Waals surface area contributed by atoms with Gasteiger partial charge in [-0.15, -0.1) is 0 Å². The Morgan fingerprint density at radius 2 is 2.36 bits per heavy atom. The van der Waals surface area contributed by atoms with E-state index in [1.165, 1.54) is 13.4 Å². The van der Waals surface area contributed by atoms with Gasteiger partial charge in [0.25, 0.3) is 0 Å². The molecule has 2 unspecified atom stereocenters. The third-order valence-corrected chi connectivity index (χ3v) is 2.06. The summed E-state index contributed by atoms with van der Waals surface area (Å²) in [5, 5.41) is 0. The van der Waals surface area contributed by atoms with Gasteiger partial charge in [0, 0.05) is 7.11 Å². The van der Waals surface area contributed by atoms with E-state index in [2.05, 4.69) is 0 Å². The van der Waals surface area contributed by atoms with Crippen molar-refractivity contribution in [1.82, 2.24) is 0 Å². The lowest BCUT2D eigenvalue weighted by Gasteiger charge is -2.21. The van der Waals surface area contributed by atoms with E-state index in [9.17, 15) is 9.35 Å². The SMILES string of the molecule is COCC(N)(C=O)C[S+](C)[O-]. The zero-order chi connectivity index (χ0) is 8.91. The van der Waals surface area contributed by atoms with E-state index in [1.54, 1.807) is 0 Å². The number of rotatable bonds is 5. The Hall–Kier alpha value is -0.100. The van der Waals surface area contributed by atoms with Gasteiger partial charge in [-0.3, -0.25) is 0 Å². The monoisotopic (exact) mass is 179 g/mol. The molecule has 0 aromatic heterocycles. The van der Waals surface area contributed by atoms with E-state index < -0.39 is 16.7 Å². The quantitative estimate of drug-likeness (QED) is 0.430. The van der Waals surface area contributed by atoms with Crippen LogP contribution < -0.4 is 5.73 Å². The molecule has 0 heterocycles. The van der Waals surface area contributed by atoms with Crippen molar-refractivity contribution in [3.05, 3.63) is 0 Å². The third kappa shape index (κ3) is 4.36. The summed E-state index contributed by atoms with van der Waals surface area (Å²) >= 11 is -1.07. The van der Waals surface area contributed by atoms with Crippen molar-refractivity contribution in [2.75, 3.05) is 25.7 Å². The zero-order valence-corrected chi connectivity index (χ0v) is 7.52. The lowest BCUT2D eigenvalue weighted by atomic mass is 10.1. The van der Waals surface area contributed by atoms with E-state index in [0.717, 1.165) is 0 Å². The van der Waals surface area contributed by atoms with Gasteiger partial charge in [0.15, 0.2) is 0 Å². The standard InChI is InChI=1S/C6H13NO3S/c1-10-4-6(7,3-8)5-11(2)9/h3H,4-5,7H2,1-2H3. The molecule has 0 saturated heterocycles. The minimum Gasteiger partial charge on any atom is -0.616 e. The molecule has 0 rings (SSSR count). The lowest BCUT2D eigenvalue weighted by molar-refractivity contribution is -0.113. The fourth-order valence-corrected chi connectivity index (χ4v) is 1.67. The smallest absolute Gasteiger partial charge is 0.147 e. The van der Waals surface area contributed by atoms with Gasteiger partial charge in [-0.2, -0.15) is 0 Å². The maximum Gasteiger partial charge on any atom is 0.147 e. The molecule has 2 N–H and O–H groups in total. The molecular weight excluding hydrogens is 166 g/mol. The van der Waals surface area contributed by atoms with Crippen molar-refractivity contribution in [2.45, 2.75) is 5.54 Å². The molecule has 0 aliphatic rings. The van der Waals surface area contributed by atoms with Gasteiger partial charge in [0.05, 0.1) is 12.9 Å². The van der Waals surface area contributed by atoms with Crippen LogP contribution in [0.5, 0.6) is 0 Å². The summed E-state index contributed by atoms with van der Waals surface area (Å²) in [5.41, 5.74) is 4.43. The average molecular weight is 179 g/mol. The number of nitrogens with two attached hydrogens (primary N) is 1. The molecule has 2 atom stereocenters. The van der Waals surface area contributed by atoms with Crippen LogP contribution in [0.1, 0.15) is 0 Å². The Morgan fingerprint density at radius 1 is 1.82 bits per heavy atom. The highest BCUT2D eigenvalue weighted by atomic mass is 32.2. The Labute approximate surface area is 69.3 Å². The van der Waals surface area contributed by atoms with E-state index >= 15 is 0 Å². The summed E-state index contributed by atoms with van der Waals surface area (Å²) in [6.45, 7) is 0.107. The zero-order valence-electron chi connectivity index (χ0n) is 6.70. The number of ether oxygens (including phenoxy) is 1. The maximum atomic E-state index is 10.7. The Morgan fingerprint density at radius 3 is 2.64 bits per heavy atom. The van der Waals surface area contributed by atoms with Crippen molar-refractivity contribution in [2.24, 2.45) is 5.73 Å². The molecule has 0 bridgehead atoms. The average Bonchev–Trinajstić information content (AvgIpc) is 1.87. The van der Waals surface area contributed by atoms with Crippen LogP contribution in [0.2, 0.25) is 0 Å². The van der Waals surface area contributed by atoms with Crippen LogP contribution in [0.3, 0.4) is 0 Å². The highest BCUT2D eigenvalue weighted by Crippen LogP contribution is 2.01. The number of methoxy groups -OCH3 is 1. The van der Waals surface area contributed by atoms with Gasteiger partial charge in [-0.25, -0.2) is 0 Å². The second-order valence-corrected chi connectivity index (χ2v) is 3.94. The number of carbonyl (C=O) groups excluding carboxylic acids is 1. The summed E-state index contributed by atoms with van der Waals surface area (Å²) in [5.74, 6) is 0.143. The number of hydrogen-bond acceptors (Lipinski definition) is 4. The minimum atomic E-state index is -1.09. The maximum absolute atomic E-state index is 10.7. The molecule has 0 radical (unpaired) electrons. The Bertz CT molecular complexity index is 131. The van der Waals surface area contributed by atoms with Gasteiger partial charge in [0.1, 0.15) is 17.6 Å². The van der Waals surface area contributed by atoms with Gasteiger partial charge < -0.3 is 19.8 Å². The largest absolute Gasteiger partial charge is 0.616 e. The Kier molecular flexibility index (Phi) is 4.67. The van der Waals surface area contributed by atoms with Crippen LogP contribution in [0.25, 0.3) is 0 Å². The Balaban J connectivity index is 3.98. The van der Waals surface area contributed by atoms with Crippen molar-refractivity contribution in [1.29, 1.82) is 0 Å². The molecule has 0 aliphatic heterocycles. The number of hydrogen-bond donors (Lipinski definition) is 1. The summed E-state index contributed by atoms with van der Waals surface area (Å²) in [6.07, 6.45) is 2.08. The van der Waals surface area contributed by atoms with Gasteiger partial charge in [-0.05, 0) is 0 Å². The molecule has 0 aliphatic carbocycles. The highest BCUT2D eigenvalue weighted by molar-refractivity contribution is 7.90. The van der Waals surface area contributed by atoms with Crippen LogP contribution in [0.15, 0.2) is 0 Å². The van der Waals surface area contributed by atoms with E-state index in [1.807, 2.05) is 0 Å². The van der Waals surface area contributed by atoms with Crippen molar-refractivity contribution in [3.63, 3.8) is 0 Å². The lowest BCUT2D eigenvalue weighted by Crippen LogP contribution is -2.51. The van der Waals surface area contributed by atoms with Gasteiger partial charge in [-0.1, -0.05) is 11.2 Å². The molecule has 0 saturated carbocycles. The molecule has 11 heavy (non-hydrogen) atoms. The third-order valence-electron chi connectivity index (χ3n) is 1.12. The molecule has 4 nitrogen and oxygen atoms in total. The van der Waals surface area contributed by atoms with E-state index in [-0.39, 0.29) is 12.4 Å². The van der Waals surface area contributed by atoms with Crippen molar-refractivity contribution in [3.8, 4) is 0 Å². The second kappa shape index (κ2) is 4.71. The predicted octanol–water partition coefficient (Wildman–Crippen LogP) is -1.09. The van der Waals surface area contributed by atoms with Crippen LogP contribution >= 0.6 is 0 Å². The number of carbonyl (C=O) groups is 1. The summed E-state index contributed by atoms with van der Waals surface area (Å²) in [6, 6.07) is 0. The first-order valence-corrected chi connectivity index (χ1v) is 4.81. The summed E-state index contributed by atoms with van der Waals surface area (Å²) in [4.78, 5) is 10.4. The molecular formula is C6H13NO3S. The van der Waals surface area contributed by atoms with Crippen molar-refractivity contribution < 1.29 is 14.1 Å². The molecule has 0 aromatic rings. The van der Waals surface area contributed by atoms with Crippen LogP contribution in [0.4, 0.5) is 0 Å². The first kappa shape index (κ1) is 10.9. The molecule has 0 aromatic carbocycles. The molecule has 5 heteroatoms. The van der Waals surface area contributed by atoms with Crippen LogP contribution in [-0.2, 0) is 20.7 Å². The molecule has 0 amide bonds. The fraction of sp³-hybridized carbons (Fsp3) is 0.833. The normalized spacial score (nSPS) is 18.9. The number of aldehydes is 1. The van der Waals surface area contributed by atoms with Crippen LogP contribution in [-0.4, -0.2) is 42.1 Å². The fourth-order valence-electron chi connectivity index (χ4n) is 0.757. The first-order valence-electron chi connectivity index (χ1n) is 3.08. The van der Waals surface area contributed by atoms with Gasteiger partial charge >= 0.3 is 0 Å². The second-order valence-electron chi connectivity index (χ2n) is 2.50. The van der Waals surface area contributed by atoms with Gasteiger partial charge in [0.2, 0.25) is 0 Å². The molecule has 0 spiro atoms. The summed E-state index contributed by atoms with van der Waals surface area (Å²) < 4.78 is 15.4. The highest BCUT2D eigenvalue weighted by Gasteiger charge is 2.28. The van der Waals surface area contributed by atoms with Crippen LogP contribution in [0, 0.1) is 0 Å². The predicted molar refractivity (Wildman–Crippen MR) is 43.8 cm³/mol. The molecule has 0 fully saturated rings. The first-order chi connectivity index (χ1) is 5.04. The summed E-state index contributed by atoms with van der Waals surface area (Å²) in [7, 11) is 1.45. The minimum absolute atomic E-state index is 0.107. The molecule has 66 valence electrons. The van der Waals surface area contributed by atoms with Crippen molar-refractivity contribution >= 4 is 17.5 Å². The van der Waals surface area contributed by atoms with E-state index in [0.29, 0.717) is 6.29 Å².